The Hall–Kier alpha value is -3.36. The average Bonchev–Trinajstić information content (AvgIpc) is 3.03. The molecule has 2 aliphatic rings. The van der Waals surface area contributed by atoms with E-state index in [0.29, 0.717) is 26.4 Å². The van der Waals surface area contributed by atoms with Crippen molar-refractivity contribution in [2.45, 2.75) is 56.8 Å². The minimum atomic E-state index is -0.675. The van der Waals surface area contributed by atoms with Crippen molar-refractivity contribution in [1.29, 1.82) is 0 Å². The fourth-order valence-corrected chi connectivity index (χ4v) is 5.11. The van der Waals surface area contributed by atoms with E-state index < -0.39 is 30.9 Å². The Morgan fingerprint density at radius 1 is 0.525 bits per heavy atom. The molecule has 2 heterocycles. The number of benzene rings is 4. The molecule has 0 aromatic heterocycles. The quantitative estimate of drug-likeness (QED) is 0.239. The van der Waals surface area contributed by atoms with Crippen molar-refractivity contribution < 1.29 is 28.4 Å². The van der Waals surface area contributed by atoms with Gasteiger partial charge in [0.25, 0.3) is 0 Å². The first-order chi connectivity index (χ1) is 19.8. The van der Waals surface area contributed by atoms with Gasteiger partial charge in [-0.2, -0.15) is 0 Å². The van der Waals surface area contributed by atoms with Crippen molar-refractivity contribution in [1.82, 2.24) is 0 Å². The zero-order valence-corrected chi connectivity index (χ0v) is 22.3. The SMILES string of the molecule is c1ccc(CO[C@@H]2O[C@@H]3CO[C@H](c4ccccc4)O[C@@H]3[C@H](OCc3ccccc3)[C@H]2OCc2ccccc2)cc1. The first-order valence-corrected chi connectivity index (χ1v) is 13.8. The molecule has 206 valence electrons. The molecular weight excluding hydrogens is 504 g/mol. The van der Waals surface area contributed by atoms with Crippen molar-refractivity contribution in [3.8, 4) is 0 Å². The molecule has 2 aliphatic heterocycles. The molecule has 0 bridgehead atoms. The lowest BCUT2D eigenvalue weighted by Gasteiger charge is -2.49. The van der Waals surface area contributed by atoms with E-state index in [-0.39, 0.29) is 6.10 Å². The number of rotatable bonds is 10. The second-order valence-corrected chi connectivity index (χ2v) is 10.0. The Bertz CT molecular complexity index is 1290. The molecule has 0 aliphatic carbocycles. The van der Waals surface area contributed by atoms with Crippen molar-refractivity contribution in [2.75, 3.05) is 6.61 Å². The van der Waals surface area contributed by atoms with Gasteiger partial charge in [0, 0.05) is 5.56 Å². The monoisotopic (exact) mass is 538 g/mol. The van der Waals surface area contributed by atoms with Gasteiger partial charge in [0.2, 0.25) is 0 Å². The summed E-state index contributed by atoms with van der Waals surface area (Å²) in [5, 5.41) is 0. The van der Waals surface area contributed by atoms with Crippen LogP contribution >= 0.6 is 0 Å². The van der Waals surface area contributed by atoms with Gasteiger partial charge in [-0.25, -0.2) is 0 Å². The molecule has 0 spiro atoms. The Kier molecular flexibility index (Phi) is 8.95. The largest absolute Gasteiger partial charge is 0.368 e. The Balaban J connectivity index is 1.27. The number of fused-ring (bicyclic) bond motifs is 1. The first kappa shape index (κ1) is 26.8. The fourth-order valence-electron chi connectivity index (χ4n) is 5.11. The third-order valence-electron chi connectivity index (χ3n) is 7.18. The summed E-state index contributed by atoms with van der Waals surface area (Å²) in [4.78, 5) is 0. The lowest BCUT2D eigenvalue weighted by atomic mass is 9.97. The lowest BCUT2D eigenvalue weighted by Crippen LogP contribution is -2.63. The number of hydrogen-bond donors (Lipinski definition) is 0. The van der Waals surface area contributed by atoms with Crippen LogP contribution in [0.2, 0.25) is 0 Å². The molecule has 4 aromatic rings. The molecule has 6 rings (SSSR count). The molecule has 4 aromatic carbocycles. The summed E-state index contributed by atoms with van der Waals surface area (Å²) in [6.07, 6.45) is -2.99. The third-order valence-corrected chi connectivity index (χ3v) is 7.18. The summed E-state index contributed by atoms with van der Waals surface area (Å²) in [6, 6.07) is 40.2. The van der Waals surface area contributed by atoms with Crippen LogP contribution in [0.15, 0.2) is 121 Å². The van der Waals surface area contributed by atoms with Gasteiger partial charge in [-0.05, 0) is 16.7 Å². The van der Waals surface area contributed by atoms with E-state index in [2.05, 4.69) is 12.1 Å². The predicted octanol–water partition coefficient (Wildman–Crippen LogP) is 6.21. The Morgan fingerprint density at radius 3 is 1.55 bits per heavy atom. The molecule has 0 saturated carbocycles. The Morgan fingerprint density at radius 2 is 1.00 bits per heavy atom. The summed E-state index contributed by atoms with van der Waals surface area (Å²) >= 11 is 0. The molecule has 0 N–H and O–H groups in total. The fraction of sp³-hybridized carbons (Fsp3) is 0.294. The van der Waals surface area contributed by atoms with E-state index in [1.807, 2.05) is 109 Å². The van der Waals surface area contributed by atoms with Crippen LogP contribution in [0.4, 0.5) is 0 Å². The van der Waals surface area contributed by atoms with E-state index in [9.17, 15) is 0 Å². The van der Waals surface area contributed by atoms with Crippen LogP contribution in [-0.2, 0) is 48.2 Å². The predicted molar refractivity (Wildman–Crippen MR) is 150 cm³/mol. The van der Waals surface area contributed by atoms with Crippen LogP contribution < -0.4 is 0 Å². The van der Waals surface area contributed by atoms with E-state index >= 15 is 0 Å². The number of ether oxygens (including phenoxy) is 6. The van der Waals surface area contributed by atoms with Gasteiger partial charge in [-0.3, -0.25) is 0 Å². The van der Waals surface area contributed by atoms with Gasteiger partial charge in [-0.15, -0.1) is 0 Å². The van der Waals surface area contributed by atoms with Gasteiger partial charge < -0.3 is 28.4 Å². The van der Waals surface area contributed by atoms with Crippen LogP contribution in [0.1, 0.15) is 28.5 Å². The zero-order valence-electron chi connectivity index (χ0n) is 22.3. The molecule has 0 amide bonds. The van der Waals surface area contributed by atoms with Crippen LogP contribution in [0.5, 0.6) is 0 Å². The molecule has 6 nitrogen and oxygen atoms in total. The highest BCUT2D eigenvalue weighted by Crippen LogP contribution is 2.37. The molecule has 6 atom stereocenters. The lowest BCUT2D eigenvalue weighted by molar-refractivity contribution is -0.374. The average molecular weight is 539 g/mol. The maximum atomic E-state index is 6.64. The molecular formula is C34H34O6. The first-order valence-electron chi connectivity index (χ1n) is 13.8. The van der Waals surface area contributed by atoms with Crippen LogP contribution in [0.3, 0.4) is 0 Å². The Labute approximate surface area is 235 Å². The minimum absolute atomic E-state index is 0.353. The van der Waals surface area contributed by atoms with Gasteiger partial charge >= 0.3 is 0 Å². The van der Waals surface area contributed by atoms with Gasteiger partial charge in [-0.1, -0.05) is 121 Å². The summed E-state index contributed by atoms with van der Waals surface area (Å²) in [6.45, 7) is 1.53. The van der Waals surface area contributed by atoms with Crippen LogP contribution in [0.25, 0.3) is 0 Å². The highest BCUT2D eigenvalue weighted by atomic mass is 16.8. The molecule has 0 unspecified atom stereocenters. The van der Waals surface area contributed by atoms with Crippen molar-refractivity contribution in [3.05, 3.63) is 144 Å². The molecule has 40 heavy (non-hydrogen) atoms. The van der Waals surface area contributed by atoms with Crippen LogP contribution in [0, 0.1) is 0 Å². The maximum Gasteiger partial charge on any atom is 0.187 e. The van der Waals surface area contributed by atoms with E-state index in [0.717, 1.165) is 22.3 Å². The molecule has 2 fully saturated rings. The second kappa shape index (κ2) is 13.3. The van der Waals surface area contributed by atoms with Gasteiger partial charge in [0.05, 0.1) is 26.4 Å². The standard InChI is InChI=1S/C34H34O6/c1-5-13-25(14-6-1)21-35-31-30-29(24-38-33(40-30)28-19-11-4-12-20-28)39-34(37-23-27-17-9-3-10-18-27)32(31)36-22-26-15-7-2-8-16-26/h1-20,29-34H,21-24H2/t29-,30+,31+,32-,33+,34-/m1/s1. The highest BCUT2D eigenvalue weighted by molar-refractivity contribution is 5.18. The second-order valence-electron chi connectivity index (χ2n) is 10.0. The highest BCUT2D eigenvalue weighted by Gasteiger charge is 2.51. The van der Waals surface area contributed by atoms with Gasteiger partial charge in [0.1, 0.15) is 24.4 Å². The summed E-state index contributed by atoms with van der Waals surface area (Å²) in [5.41, 5.74) is 4.13. The van der Waals surface area contributed by atoms with E-state index in [1.165, 1.54) is 0 Å². The minimum Gasteiger partial charge on any atom is -0.368 e. The summed E-state index contributed by atoms with van der Waals surface area (Å²) < 4.78 is 38.8. The molecule has 0 radical (unpaired) electrons. The zero-order chi connectivity index (χ0) is 27.0. The topological polar surface area (TPSA) is 55.4 Å². The number of hydrogen-bond acceptors (Lipinski definition) is 6. The normalized spacial score (nSPS) is 26.2. The van der Waals surface area contributed by atoms with Gasteiger partial charge in [0.15, 0.2) is 12.6 Å². The van der Waals surface area contributed by atoms with Crippen molar-refractivity contribution in [2.24, 2.45) is 0 Å². The van der Waals surface area contributed by atoms with E-state index in [1.54, 1.807) is 0 Å². The molecule has 2 saturated heterocycles. The smallest absolute Gasteiger partial charge is 0.187 e. The van der Waals surface area contributed by atoms with Crippen LogP contribution in [-0.4, -0.2) is 37.3 Å². The van der Waals surface area contributed by atoms with Crippen molar-refractivity contribution in [3.63, 3.8) is 0 Å². The van der Waals surface area contributed by atoms with Crippen molar-refractivity contribution >= 4 is 0 Å². The maximum absolute atomic E-state index is 6.64. The molecule has 6 heteroatoms. The third kappa shape index (κ3) is 6.67. The van der Waals surface area contributed by atoms with E-state index in [4.69, 9.17) is 28.4 Å². The summed E-state index contributed by atoms with van der Waals surface area (Å²) in [5.74, 6) is 0. The summed E-state index contributed by atoms with van der Waals surface area (Å²) in [7, 11) is 0.